The number of anilines is 1. The molecule has 0 saturated heterocycles. The van der Waals surface area contributed by atoms with Crippen molar-refractivity contribution in [2.75, 3.05) is 5.32 Å². The van der Waals surface area contributed by atoms with Crippen LogP contribution in [0.15, 0.2) is 6.20 Å². The second kappa shape index (κ2) is 3.00. The average Bonchev–Trinajstić information content (AvgIpc) is 2.15. The lowest BCUT2D eigenvalue weighted by Gasteiger charge is -1.95. The summed E-state index contributed by atoms with van der Waals surface area (Å²) in [5.74, 6) is 0.565. The third-order valence-electron chi connectivity index (χ3n) is 0.894. The molecule has 0 atom stereocenters. The molecule has 1 amide bonds. The Morgan fingerprint density at radius 1 is 1.90 bits per heavy atom. The van der Waals surface area contributed by atoms with Crippen LogP contribution >= 0.6 is 22.6 Å². The molecule has 0 spiro atoms. The van der Waals surface area contributed by atoms with Gasteiger partial charge in [-0.05, 0) is 22.6 Å². The summed E-state index contributed by atoms with van der Waals surface area (Å²) in [7, 11) is 0. The topological polar surface area (TPSA) is 57.8 Å². The molecule has 1 rings (SSSR count). The van der Waals surface area contributed by atoms with E-state index in [1.165, 1.54) is 6.92 Å². The van der Waals surface area contributed by atoms with Crippen LogP contribution in [0.4, 0.5) is 5.82 Å². The van der Waals surface area contributed by atoms with Crippen LogP contribution in [0.3, 0.4) is 0 Å². The van der Waals surface area contributed by atoms with Crippen LogP contribution in [-0.2, 0) is 4.79 Å². The van der Waals surface area contributed by atoms with Crippen molar-refractivity contribution in [3.05, 3.63) is 9.77 Å². The molecule has 0 radical (unpaired) electrons. The van der Waals surface area contributed by atoms with Crippen molar-refractivity contribution in [2.24, 2.45) is 0 Å². The molecule has 0 aliphatic rings. The summed E-state index contributed by atoms with van der Waals surface area (Å²) in [5, 5.41) is 8.96. The van der Waals surface area contributed by atoms with Gasteiger partial charge in [-0.25, -0.2) is 0 Å². The summed E-state index contributed by atoms with van der Waals surface area (Å²) in [6, 6.07) is 0. The van der Waals surface area contributed by atoms with Crippen molar-refractivity contribution < 1.29 is 4.79 Å². The number of carbonyl (C=O) groups is 1. The normalized spacial score (nSPS) is 9.40. The molecule has 54 valence electrons. The fraction of sp³-hybridized carbons (Fsp3) is 0.200. The Bertz CT molecular complexity index is 245. The zero-order valence-corrected chi connectivity index (χ0v) is 7.47. The number of aromatic nitrogens is 2. The highest BCUT2D eigenvalue weighted by Crippen LogP contribution is 2.12. The Morgan fingerprint density at radius 2 is 2.60 bits per heavy atom. The number of H-pyrrole nitrogens is 1. The lowest BCUT2D eigenvalue weighted by Crippen LogP contribution is -2.06. The zero-order valence-electron chi connectivity index (χ0n) is 5.31. The third-order valence-corrected chi connectivity index (χ3v) is 1.71. The van der Waals surface area contributed by atoms with Crippen LogP contribution < -0.4 is 5.32 Å². The smallest absolute Gasteiger partial charge is 0.222 e. The van der Waals surface area contributed by atoms with Crippen LogP contribution in [0.1, 0.15) is 6.92 Å². The first-order chi connectivity index (χ1) is 4.70. The van der Waals surface area contributed by atoms with Crippen molar-refractivity contribution in [1.82, 2.24) is 10.2 Å². The summed E-state index contributed by atoms with van der Waals surface area (Å²) in [4.78, 5) is 10.5. The summed E-state index contributed by atoms with van der Waals surface area (Å²) in [5.41, 5.74) is 0. The van der Waals surface area contributed by atoms with Gasteiger partial charge >= 0.3 is 0 Å². The molecule has 1 aromatic heterocycles. The largest absolute Gasteiger partial charge is 0.310 e. The second-order valence-electron chi connectivity index (χ2n) is 1.77. The van der Waals surface area contributed by atoms with Crippen molar-refractivity contribution in [3.63, 3.8) is 0 Å². The number of nitrogens with zero attached hydrogens (tertiary/aromatic N) is 1. The summed E-state index contributed by atoms with van der Waals surface area (Å²) < 4.78 is 0.910. The van der Waals surface area contributed by atoms with Crippen molar-refractivity contribution in [2.45, 2.75) is 6.92 Å². The van der Waals surface area contributed by atoms with E-state index in [4.69, 9.17) is 0 Å². The predicted octanol–water partition coefficient (Wildman–Crippen LogP) is 0.973. The number of nitrogens with one attached hydrogen (secondary N) is 2. The van der Waals surface area contributed by atoms with Gasteiger partial charge in [0.05, 0.1) is 9.77 Å². The first-order valence-corrected chi connectivity index (χ1v) is 3.74. The van der Waals surface area contributed by atoms with Crippen LogP contribution in [0.2, 0.25) is 0 Å². The van der Waals surface area contributed by atoms with Gasteiger partial charge < -0.3 is 5.32 Å². The molecule has 0 bridgehead atoms. The number of hydrogen-bond acceptors (Lipinski definition) is 2. The molecule has 10 heavy (non-hydrogen) atoms. The van der Waals surface area contributed by atoms with Crippen LogP contribution in [-0.4, -0.2) is 16.1 Å². The molecule has 4 nitrogen and oxygen atoms in total. The number of rotatable bonds is 1. The van der Waals surface area contributed by atoms with E-state index in [1.54, 1.807) is 6.20 Å². The van der Waals surface area contributed by atoms with Crippen molar-refractivity contribution >= 4 is 34.3 Å². The molecule has 2 N–H and O–H groups in total. The lowest BCUT2D eigenvalue weighted by molar-refractivity contribution is -0.114. The molecule has 0 unspecified atom stereocenters. The minimum absolute atomic E-state index is 0.0952. The minimum atomic E-state index is -0.0952. The van der Waals surface area contributed by atoms with Gasteiger partial charge in [-0.15, -0.1) is 0 Å². The number of amides is 1. The molecule has 0 fully saturated rings. The highest BCUT2D eigenvalue weighted by Gasteiger charge is 2.00. The maximum Gasteiger partial charge on any atom is 0.222 e. The molecule has 1 aromatic rings. The predicted molar refractivity (Wildman–Crippen MR) is 45.6 cm³/mol. The van der Waals surface area contributed by atoms with Crippen molar-refractivity contribution in [3.8, 4) is 0 Å². The van der Waals surface area contributed by atoms with E-state index in [1.807, 2.05) is 0 Å². The number of halogens is 1. The zero-order chi connectivity index (χ0) is 7.56. The standard InChI is InChI=1S/C5H6IN3O/c1-3(10)8-5-4(6)2-7-9-5/h2H,1H3,(H2,7,8,9,10). The van der Waals surface area contributed by atoms with E-state index in [0.717, 1.165) is 3.57 Å². The summed E-state index contributed by atoms with van der Waals surface area (Å²) >= 11 is 2.08. The fourth-order valence-corrected chi connectivity index (χ4v) is 0.930. The van der Waals surface area contributed by atoms with E-state index >= 15 is 0 Å². The van der Waals surface area contributed by atoms with Gasteiger partial charge in [0.2, 0.25) is 5.91 Å². The molecular formula is C5H6IN3O. The molecular weight excluding hydrogens is 245 g/mol. The van der Waals surface area contributed by atoms with Gasteiger partial charge in [-0.3, -0.25) is 9.89 Å². The molecule has 5 heteroatoms. The van der Waals surface area contributed by atoms with E-state index in [-0.39, 0.29) is 5.91 Å². The van der Waals surface area contributed by atoms with Gasteiger partial charge in [0.15, 0.2) is 0 Å². The fourth-order valence-electron chi connectivity index (χ4n) is 0.535. The third kappa shape index (κ3) is 1.69. The lowest BCUT2D eigenvalue weighted by atomic mass is 10.6. The summed E-state index contributed by atoms with van der Waals surface area (Å²) in [6.45, 7) is 1.46. The number of carbonyl (C=O) groups excluding carboxylic acids is 1. The number of aromatic amines is 1. The second-order valence-corrected chi connectivity index (χ2v) is 2.94. The van der Waals surface area contributed by atoms with Gasteiger partial charge in [0.1, 0.15) is 5.82 Å². The van der Waals surface area contributed by atoms with Gasteiger partial charge in [-0.1, -0.05) is 0 Å². The van der Waals surface area contributed by atoms with Gasteiger partial charge in [0, 0.05) is 6.92 Å². The molecule has 0 aromatic carbocycles. The quantitative estimate of drug-likeness (QED) is 0.730. The van der Waals surface area contributed by atoms with Crippen LogP contribution in [0.5, 0.6) is 0 Å². The maximum absolute atomic E-state index is 10.5. The molecule has 0 aliphatic heterocycles. The van der Waals surface area contributed by atoms with Gasteiger partial charge in [-0.2, -0.15) is 5.10 Å². The Hall–Kier alpha value is -0.590. The van der Waals surface area contributed by atoms with Crippen LogP contribution in [0.25, 0.3) is 0 Å². The molecule has 1 heterocycles. The van der Waals surface area contributed by atoms with Gasteiger partial charge in [0.25, 0.3) is 0 Å². The van der Waals surface area contributed by atoms with E-state index in [9.17, 15) is 4.79 Å². The minimum Gasteiger partial charge on any atom is -0.310 e. The Labute approximate surface area is 71.5 Å². The Kier molecular flexibility index (Phi) is 2.25. The highest BCUT2D eigenvalue weighted by molar-refractivity contribution is 14.1. The monoisotopic (exact) mass is 251 g/mol. The number of hydrogen-bond donors (Lipinski definition) is 2. The average molecular weight is 251 g/mol. The van der Waals surface area contributed by atoms with E-state index in [0.29, 0.717) is 5.82 Å². The summed E-state index contributed by atoms with van der Waals surface area (Å²) in [6.07, 6.45) is 1.64. The van der Waals surface area contributed by atoms with Crippen LogP contribution in [0, 0.1) is 3.57 Å². The van der Waals surface area contributed by atoms with E-state index < -0.39 is 0 Å². The van der Waals surface area contributed by atoms with E-state index in [2.05, 4.69) is 38.1 Å². The first-order valence-electron chi connectivity index (χ1n) is 2.66. The Morgan fingerprint density at radius 3 is 3.00 bits per heavy atom. The Balaban J connectivity index is 2.74. The molecule has 0 saturated carbocycles. The highest BCUT2D eigenvalue weighted by atomic mass is 127. The first kappa shape index (κ1) is 7.52. The van der Waals surface area contributed by atoms with Crippen molar-refractivity contribution in [1.29, 1.82) is 0 Å². The molecule has 0 aliphatic carbocycles. The maximum atomic E-state index is 10.5. The SMILES string of the molecule is CC(=O)Nc1[nH]ncc1I.